The Morgan fingerprint density at radius 1 is 1.10 bits per heavy atom. The second-order valence-electron chi connectivity index (χ2n) is 6.16. The lowest BCUT2D eigenvalue weighted by Crippen LogP contribution is -2.22. The summed E-state index contributed by atoms with van der Waals surface area (Å²) in [5, 5.41) is 0. The summed E-state index contributed by atoms with van der Waals surface area (Å²) in [5.41, 5.74) is 5.59. The number of ether oxygens (including phenoxy) is 2. The Morgan fingerprint density at radius 3 is 2.48 bits per heavy atom. The number of rotatable bonds is 6. The third-order valence-corrected chi connectivity index (χ3v) is 4.19. The van der Waals surface area contributed by atoms with Crippen LogP contribution in [0.3, 0.4) is 0 Å². The van der Waals surface area contributed by atoms with Gasteiger partial charge in [0, 0.05) is 12.6 Å². The van der Waals surface area contributed by atoms with Crippen molar-refractivity contribution in [3.8, 4) is 11.5 Å². The van der Waals surface area contributed by atoms with E-state index in [0.717, 1.165) is 18.1 Å². The van der Waals surface area contributed by atoms with E-state index in [2.05, 4.69) is 0 Å². The molecule has 1 aliphatic carbocycles. The monoisotopic (exact) mass is 291 g/mol. The summed E-state index contributed by atoms with van der Waals surface area (Å²) in [6, 6.07) is 7.90. The summed E-state index contributed by atoms with van der Waals surface area (Å²) in [4.78, 5) is 0. The molecule has 2 rings (SSSR count). The van der Waals surface area contributed by atoms with Gasteiger partial charge in [0.1, 0.15) is 17.6 Å². The van der Waals surface area contributed by atoms with Gasteiger partial charge in [0.15, 0.2) is 0 Å². The first kappa shape index (κ1) is 16.2. The first-order valence-electron chi connectivity index (χ1n) is 8.37. The predicted molar refractivity (Wildman–Crippen MR) is 86.9 cm³/mol. The minimum atomic E-state index is 0.0332. The highest BCUT2D eigenvalue weighted by atomic mass is 16.5. The van der Waals surface area contributed by atoms with Crippen LogP contribution in [-0.4, -0.2) is 19.3 Å². The first-order valence-corrected chi connectivity index (χ1v) is 8.37. The summed E-state index contributed by atoms with van der Waals surface area (Å²) in [6.07, 6.45) is 9.53. The molecule has 3 heteroatoms. The van der Waals surface area contributed by atoms with Crippen LogP contribution in [0.25, 0.3) is 0 Å². The van der Waals surface area contributed by atoms with Gasteiger partial charge in [-0.25, -0.2) is 0 Å². The number of benzene rings is 1. The van der Waals surface area contributed by atoms with Crippen LogP contribution in [0.1, 0.15) is 51.9 Å². The molecule has 1 fully saturated rings. The Bertz CT molecular complexity index is 400. The highest BCUT2D eigenvalue weighted by Gasteiger charge is 2.12. The van der Waals surface area contributed by atoms with E-state index < -0.39 is 0 Å². The average molecular weight is 291 g/mol. The maximum absolute atomic E-state index is 5.99. The minimum absolute atomic E-state index is 0.0332. The predicted octanol–water partition coefficient (Wildman–Crippen LogP) is 4.15. The molecule has 1 atom stereocenters. The van der Waals surface area contributed by atoms with Crippen molar-refractivity contribution >= 4 is 0 Å². The van der Waals surface area contributed by atoms with Crippen molar-refractivity contribution in [1.82, 2.24) is 0 Å². The molecule has 0 aromatic heterocycles. The average Bonchev–Trinajstić information content (AvgIpc) is 2.46. The summed E-state index contributed by atoms with van der Waals surface area (Å²) in [7, 11) is 0. The Balaban J connectivity index is 1.82. The molecule has 0 radical (unpaired) electrons. The molecule has 0 bridgehead atoms. The van der Waals surface area contributed by atoms with Crippen LogP contribution in [0.4, 0.5) is 0 Å². The number of nitrogens with two attached hydrogens (primary N) is 1. The molecule has 21 heavy (non-hydrogen) atoms. The van der Waals surface area contributed by atoms with Gasteiger partial charge in [0.05, 0.1) is 6.61 Å². The quantitative estimate of drug-likeness (QED) is 0.856. The molecule has 1 aromatic carbocycles. The van der Waals surface area contributed by atoms with Gasteiger partial charge in [0.25, 0.3) is 0 Å². The van der Waals surface area contributed by atoms with Crippen LogP contribution < -0.4 is 15.2 Å². The second-order valence-corrected chi connectivity index (χ2v) is 6.16. The van der Waals surface area contributed by atoms with E-state index in [9.17, 15) is 0 Å². The molecule has 3 nitrogen and oxygen atoms in total. The molecule has 0 unspecified atom stereocenters. The molecule has 118 valence electrons. The zero-order valence-electron chi connectivity index (χ0n) is 13.2. The van der Waals surface area contributed by atoms with Crippen LogP contribution in [0.15, 0.2) is 24.3 Å². The minimum Gasteiger partial charge on any atom is -0.493 e. The Labute approximate surface area is 128 Å². The van der Waals surface area contributed by atoms with Gasteiger partial charge in [-0.05, 0) is 37.8 Å². The second kappa shape index (κ2) is 8.93. The van der Waals surface area contributed by atoms with E-state index in [-0.39, 0.29) is 6.10 Å². The van der Waals surface area contributed by atoms with Crippen LogP contribution >= 0.6 is 0 Å². The molecule has 0 heterocycles. The zero-order valence-corrected chi connectivity index (χ0v) is 13.2. The largest absolute Gasteiger partial charge is 0.493 e. The molecule has 0 amide bonds. The molecular weight excluding hydrogens is 262 g/mol. The summed E-state index contributed by atoms with van der Waals surface area (Å²) < 4.78 is 11.7. The lowest BCUT2D eigenvalue weighted by atomic mass is 9.92. The number of hydrogen-bond acceptors (Lipinski definition) is 3. The van der Waals surface area contributed by atoms with Crippen molar-refractivity contribution in [2.45, 2.75) is 58.0 Å². The van der Waals surface area contributed by atoms with Crippen LogP contribution in [0.5, 0.6) is 11.5 Å². The van der Waals surface area contributed by atoms with Crippen molar-refractivity contribution in [2.24, 2.45) is 11.7 Å². The maximum atomic E-state index is 5.99. The molecule has 0 spiro atoms. The summed E-state index contributed by atoms with van der Waals surface area (Å²) in [5.74, 6) is 2.44. The van der Waals surface area contributed by atoms with Gasteiger partial charge in [-0.15, -0.1) is 0 Å². The van der Waals surface area contributed by atoms with Crippen molar-refractivity contribution in [2.75, 3.05) is 13.2 Å². The number of hydrogen-bond donors (Lipinski definition) is 1. The fraction of sp³-hybridized carbons (Fsp3) is 0.667. The van der Waals surface area contributed by atoms with E-state index in [1.807, 2.05) is 31.2 Å². The van der Waals surface area contributed by atoms with Crippen molar-refractivity contribution < 1.29 is 9.47 Å². The Morgan fingerprint density at radius 2 is 1.76 bits per heavy atom. The maximum Gasteiger partial charge on any atom is 0.123 e. The molecule has 1 aromatic rings. The van der Waals surface area contributed by atoms with Crippen molar-refractivity contribution in [3.05, 3.63) is 24.3 Å². The molecule has 1 aliphatic rings. The lowest BCUT2D eigenvalue weighted by Gasteiger charge is -2.20. The highest BCUT2D eigenvalue weighted by molar-refractivity contribution is 5.33. The normalized spacial score (nSPS) is 18.6. The Hall–Kier alpha value is -1.22. The standard InChI is InChI=1S/C18H29NO2/c1-15(13-19)21-18-11-7-10-17(12-18)20-14-16-8-5-3-2-4-6-9-16/h7,10-12,15-16H,2-6,8-9,13-14,19H2,1H3/t15-/m0/s1. The van der Waals surface area contributed by atoms with Crippen molar-refractivity contribution in [3.63, 3.8) is 0 Å². The van der Waals surface area contributed by atoms with Gasteiger partial charge in [-0.2, -0.15) is 0 Å². The highest BCUT2D eigenvalue weighted by Crippen LogP contribution is 2.25. The SMILES string of the molecule is C[C@@H](CN)Oc1cccc(OCC2CCCCCCC2)c1. The molecular formula is C18H29NO2. The summed E-state index contributed by atoms with van der Waals surface area (Å²) >= 11 is 0. The first-order chi connectivity index (χ1) is 10.3. The van der Waals surface area contributed by atoms with E-state index in [0.29, 0.717) is 12.5 Å². The molecule has 2 N–H and O–H groups in total. The van der Waals surface area contributed by atoms with Gasteiger partial charge in [0.2, 0.25) is 0 Å². The van der Waals surface area contributed by atoms with Crippen molar-refractivity contribution in [1.29, 1.82) is 0 Å². The molecule has 1 saturated carbocycles. The van der Waals surface area contributed by atoms with E-state index in [1.165, 1.54) is 44.9 Å². The van der Waals surface area contributed by atoms with E-state index in [4.69, 9.17) is 15.2 Å². The summed E-state index contributed by atoms with van der Waals surface area (Å²) in [6.45, 7) is 3.32. The van der Waals surface area contributed by atoms with Gasteiger partial charge < -0.3 is 15.2 Å². The third-order valence-electron chi connectivity index (χ3n) is 4.19. The topological polar surface area (TPSA) is 44.5 Å². The van der Waals surface area contributed by atoms with Crippen LogP contribution in [-0.2, 0) is 0 Å². The third kappa shape index (κ3) is 5.96. The van der Waals surface area contributed by atoms with Crippen LogP contribution in [0, 0.1) is 5.92 Å². The molecule has 0 saturated heterocycles. The van der Waals surface area contributed by atoms with Gasteiger partial charge in [-0.3, -0.25) is 0 Å². The van der Waals surface area contributed by atoms with Gasteiger partial charge >= 0.3 is 0 Å². The fourth-order valence-corrected chi connectivity index (χ4v) is 2.84. The van der Waals surface area contributed by atoms with Crippen LogP contribution in [0.2, 0.25) is 0 Å². The zero-order chi connectivity index (χ0) is 14.9. The Kier molecular flexibility index (Phi) is 6.87. The van der Waals surface area contributed by atoms with E-state index in [1.54, 1.807) is 0 Å². The fourth-order valence-electron chi connectivity index (χ4n) is 2.84. The van der Waals surface area contributed by atoms with E-state index >= 15 is 0 Å². The lowest BCUT2D eigenvalue weighted by molar-refractivity contribution is 0.212. The smallest absolute Gasteiger partial charge is 0.123 e. The molecule has 0 aliphatic heterocycles. The van der Waals surface area contributed by atoms with Gasteiger partial charge in [-0.1, -0.05) is 38.2 Å².